The third kappa shape index (κ3) is 3.56. The molecule has 3 heterocycles. The molecule has 6 heteroatoms. The van der Waals surface area contributed by atoms with Gasteiger partial charge in [-0.05, 0) is 54.5 Å². The smallest absolute Gasteiger partial charge is 0.195 e. The predicted molar refractivity (Wildman–Crippen MR) is 142 cm³/mol. The first kappa shape index (κ1) is 12.9. The number of anilines is 1. The third-order valence-electron chi connectivity index (χ3n) is 6.94. The number of aryl methyl sites for hydroxylation is 1. The van der Waals surface area contributed by atoms with Crippen LogP contribution in [0.3, 0.4) is 0 Å². The number of nitriles is 1. The summed E-state index contributed by atoms with van der Waals surface area (Å²) in [7, 11) is 0. The van der Waals surface area contributed by atoms with Crippen molar-refractivity contribution in [3.8, 4) is 6.07 Å². The van der Waals surface area contributed by atoms with Crippen molar-refractivity contribution in [3.63, 3.8) is 0 Å². The highest BCUT2D eigenvalue weighted by molar-refractivity contribution is 6.20. The molecule has 1 N–H and O–H groups in total. The van der Waals surface area contributed by atoms with E-state index in [-0.39, 0.29) is 59.2 Å². The number of hydrogen-bond acceptors (Lipinski definition) is 5. The quantitative estimate of drug-likeness (QED) is 0.567. The summed E-state index contributed by atoms with van der Waals surface area (Å²) in [6.45, 7) is -7.42. The Balaban J connectivity index is 1.67. The normalized spacial score (nSPS) is 32.4. The van der Waals surface area contributed by atoms with Gasteiger partial charge < -0.3 is 14.6 Å². The van der Waals surface area contributed by atoms with Gasteiger partial charge in [0.2, 0.25) is 0 Å². The van der Waals surface area contributed by atoms with Crippen molar-refractivity contribution >= 4 is 22.4 Å². The third-order valence-corrected chi connectivity index (χ3v) is 6.94. The molecule has 3 aromatic rings. The van der Waals surface area contributed by atoms with Crippen LogP contribution in [0.1, 0.15) is 89.6 Å². The van der Waals surface area contributed by atoms with E-state index in [1.165, 1.54) is 12.1 Å². The lowest BCUT2D eigenvalue weighted by atomic mass is 9.70. The van der Waals surface area contributed by atoms with E-state index in [4.69, 9.17) is 21.2 Å². The van der Waals surface area contributed by atoms with Gasteiger partial charge in [-0.25, -0.2) is 0 Å². The van der Waals surface area contributed by atoms with E-state index in [1.54, 1.807) is 6.07 Å². The summed E-state index contributed by atoms with van der Waals surface area (Å²) in [5.41, 5.74) is -1.97. The van der Waals surface area contributed by atoms with Crippen LogP contribution in [0.2, 0.25) is 0 Å². The molecule has 186 valence electrons. The number of fused-ring (bicyclic) bond motifs is 4. The number of hydrogen-bond donors (Lipinski definition) is 1. The highest BCUT2D eigenvalue weighted by Crippen LogP contribution is 2.46. The first-order chi connectivity index (χ1) is 22.6. The van der Waals surface area contributed by atoms with Crippen molar-refractivity contribution in [2.24, 2.45) is 0 Å². The second-order valence-electron chi connectivity index (χ2n) is 9.08. The molecule has 2 saturated heterocycles. The number of carbonyl (C=O) groups is 1. The van der Waals surface area contributed by atoms with Crippen LogP contribution in [-0.2, 0) is 16.5 Å². The van der Waals surface area contributed by atoms with Gasteiger partial charge in [-0.1, -0.05) is 26.8 Å². The monoisotopic (exact) mass is 495 g/mol. The molecule has 0 saturated carbocycles. The van der Waals surface area contributed by atoms with Gasteiger partial charge in [-0.15, -0.1) is 0 Å². The minimum absolute atomic E-state index is 0.0164. The number of aromatic amines is 1. The number of morpholine rings is 1. The molecule has 1 aromatic heterocycles. The minimum atomic E-state index is -3.51. The van der Waals surface area contributed by atoms with E-state index in [0.717, 1.165) is 24.0 Å². The van der Waals surface area contributed by atoms with Crippen molar-refractivity contribution < 1.29 is 27.4 Å². The zero-order valence-electron chi connectivity index (χ0n) is 32.8. The fraction of sp³-hybridized carbons (Fsp3) is 0.467. The number of nitrogens with one attached hydrogen (secondary N) is 1. The largest absolute Gasteiger partial charge is 0.379 e. The summed E-state index contributed by atoms with van der Waals surface area (Å²) in [4.78, 5) is 18.6. The molecular weight excluding hydrogens is 448 g/mol. The maximum Gasteiger partial charge on any atom is 0.195 e. The first-order valence-electron chi connectivity index (χ1n) is 18.5. The van der Waals surface area contributed by atoms with Gasteiger partial charge in [0.1, 0.15) is 0 Å². The van der Waals surface area contributed by atoms with Crippen molar-refractivity contribution in [1.29, 1.82) is 5.26 Å². The molecule has 0 spiro atoms. The molecule has 0 unspecified atom stereocenters. The van der Waals surface area contributed by atoms with Crippen LogP contribution in [0, 0.1) is 11.3 Å². The van der Waals surface area contributed by atoms with Crippen LogP contribution < -0.4 is 4.90 Å². The van der Waals surface area contributed by atoms with Crippen LogP contribution in [0.15, 0.2) is 30.3 Å². The van der Waals surface area contributed by atoms with Crippen LogP contribution in [0.5, 0.6) is 0 Å². The molecule has 0 radical (unpaired) electrons. The summed E-state index contributed by atoms with van der Waals surface area (Å²) in [6.07, 6.45) is -9.38. The SMILES string of the molecule is [2H]CC1(C[2H])c2cc(N3C([2H])([2H])C([2H])([2H])C([2H])(N4CCOCC4)C([2H])([2H])C3([2H])[2H])c(C([2H])([2H])C)cc2C(=O)c2c1[nH]c1cc(C#N)ccc21. The van der Waals surface area contributed by atoms with Gasteiger partial charge in [-0.3, -0.25) is 9.69 Å². The molecule has 0 bridgehead atoms. The lowest BCUT2D eigenvalue weighted by Gasteiger charge is -2.42. The Kier molecular flexibility index (Phi) is 3.14. The van der Waals surface area contributed by atoms with Gasteiger partial charge in [0, 0.05) is 83.2 Å². The van der Waals surface area contributed by atoms with Crippen LogP contribution in [-0.4, -0.2) is 61.0 Å². The molecule has 2 fully saturated rings. The summed E-state index contributed by atoms with van der Waals surface area (Å²) in [5.74, 6) is -0.622. The van der Waals surface area contributed by atoms with Gasteiger partial charge in [0.05, 0.1) is 30.4 Å². The Labute approximate surface area is 231 Å². The minimum Gasteiger partial charge on any atom is -0.379 e. The van der Waals surface area contributed by atoms with E-state index >= 15 is 0 Å². The number of rotatable bonds is 3. The standard InChI is InChI=1S/C30H34N4O2/c1-4-20-16-23-24(17-26(20)34-9-7-21(8-10-34)33-11-13-36-14-12-33)30(2,3)29-27(28(23)35)22-6-5-19(18-31)15-25(22)32-29/h5-6,15-17,21,32H,4,7-14H2,1-3H3/i2D,3D,4D2,7D2,8D2,9D2,10D2,21D. The predicted octanol–water partition coefficient (Wildman–Crippen LogP) is 4.77. The Morgan fingerprint density at radius 1 is 1.28 bits per heavy atom. The number of carbonyl (C=O) groups excluding carboxylic acids is 1. The average Bonchev–Trinajstić information content (AvgIpc) is 3.43. The second kappa shape index (κ2) is 8.76. The topological polar surface area (TPSA) is 72.4 Å². The molecule has 2 aromatic carbocycles. The number of ether oxygens (including phenoxy) is 1. The summed E-state index contributed by atoms with van der Waals surface area (Å²) >= 11 is 0. The lowest BCUT2D eigenvalue weighted by molar-refractivity contribution is 0.0115. The Morgan fingerprint density at radius 3 is 2.75 bits per heavy atom. The average molecular weight is 496 g/mol. The van der Waals surface area contributed by atoms with Gasteiger partial charge >= 0.3 is 0 Å². The van der Waals surface area contributed by atoms with Gasteiger partial charge in [0.25, 0.3) is 0 Å². The number of ketones is 1. The number of H-pyrrole nitrogens is 1. The summed E-state index contributed by atoms with van der Waals surface area (Å²) in [5, 5.41) is 9.85. The molecule has 2 aliphatic heterocycles. The molecular formula is C30H34N4O2. The molecule has 36 heavy (non-hydrogen) atoms. The van der Waals surface area contributed by atoms with Gasteiger partial charge in [0.15, 0.2) is 5.78 Å². The van der Waals surface area contributed by atoms with E-state index in [9.17, 15) is 11.4 Å². The highest BCUT2D eigenvalue weighted by atomic mass is 16.5. The lowest BCUT2D eigenvalue weighted by Crippen LogP contribution is -2.49. The van der Waals surface area contributed by atoms with E-state index in [1.807, 2.05) is 6.07 Å². The van der Waals surface area contributed by atoms with Gasteiger partial charge in [-0.2, -0.15) is 5.26 Å². The van der Waals surface area contributed by atoms with Crippen molar-refractivity contribution in [1.82, 2.24) is 9.88 Å². The van der Waals surface area contributed by atoms with Crippen LogP contribution in [0.25, 0.3) is 10.9 Å². The highest BCUT2D eigenvalue weighted by Gasteiger charge is 2.40. The molecule has 6 rings (SSSR count). The fourth-order valence-electron chi connectivity index (χ4n) is 5.03. The van der Waals surface area contributed by atoms with E-state index in [0.29, 0.717) is 10.9 Å². The van der Waals surface area contributed by atoms with Crippen LogP contribution >= 0.6 is 0 Å². The fourth-order valence-corrected chi connectivity index (χ4v) is 5.03. The van der Waals surface area contributed by atoms with Crippen molar-refractivity contribution in [2.45, 2.75) is 51.3 Å². The summed E-state index contributed by atoms with van der Waals surface area (Å²) < 4.78 is 122. The molecule has 1 aliphatic carbocycles. The van der Waals surface area contributed by atoms with E-state index in [2.05, 4.69) is 4.98 Å². The van der Waals surface area contributed by atoms with Crippen molar-refractivity contribution in [3.05, 3.63) is 63.8 Å². The number of benzene rings is 2. The Morgan fingerprint density at radius 2 is 2.06 bits per heavy atom. The maximum atomic E-state index is 14.3. The molecule has 6 nitrogen and oxygen atoms in total. The van der Waals surface area contributed by atoms with Crippen molar-refractivity contribution in [2.75, 3.05) is 44.2 Å². The zero-order valence-corrected chi connectivity index (χ0v) is 19.8. The summed E-state index contributed by atoms with van der Waals surface area (Å²) in [6, 6.07) is 5.64. The molecule has 0 atom stereocenters. The second-order valence-corrected chi connectivity index (χ2v) is 9.08. The molecule has 0 amide bonds. The number of aromatic nitrogens is 1. The van der Waals surface area contributed by atoms with Crippen LogP contribution in [0.4, 0.5) is 5.69 Å². The zero-order chi connectivity index (χ0) is 36.3. The number of nitrogens with zero attached hydrogens (tertiary/aromatic N) is 3. The molecule has 3 aliphatic rings. The van der Waals surface area contributed by atoms with E-state index < -0.39 is 74.4 Å². The number of piperidine rings is 1. The Hall–Kier alpha value is -3.14. The first-order valence-corrected chi connectivity index (χ1v) is 11.6. The Bertz CT molecular complexity index is 1880. The maximum absolute atomic E-state index is 14.3.